The fourth-order valence-corrected chi connectivity index (χ4v) is 2.73. The maximum absolute atomic E-state index is 12.1. The maximum atomic E-state index is 12.1. The van der Waals surface area contributed by atoms with Gasteiger partial charge in [0.1, 0.15) is 0 Å². The van der Waals surface area contributed by atoms with Crippen LogP contribution in [0.5, 0.6) is 0 Å². The molecule has 0 radical (unpaired) electrons. The fourth-order valence-electron chi connectivity index (χ4n) is 1.92. The zero-order chi connectivity index (χ0) is 16.2. The first-order chi connectivity index (χ1) is 10.4. The molecule has 1 aromatic heterocycles. The Hall–Kier alpha value is -1.72. The van der Waals surface area contributed by atoms with E-state index in [0.29, 0.717) is 17.2 Å². The summed E-state index contributed by atoms with van der Waals surface area (Å²) in [5.41, 5.74) is 1.88. The summed E-state index contributed by atoms with van der Waals surface area (Å²) in [7, 11) is 0. The highest BCUT2D eigenvalue weighted by Gasteiger charge is 2.14. The van der Waals surface area contributed by atoms with Gasteiger partial charge in [0, 0.05) is 10.4 Å². The molecule has 1 aromatic carbocycles. The molecule has 1 heterocycles. The van der Waals surface area contributed by atoms with E-state index in [1.165, 1.54) is 10.4 Å². The highest BCUT2D eigenvalue weighted by Crippen LogP contribution is 2.22. The summed E-state index contributed by atoms with van der Waals surface area (Å²) in [4.78, 5) is 13.3. The number of benzene rings is 1. The number of carbonyl (C=O) groups is 1. The fraction of sp³-hybridized carbons (Fsp3) is 0.294. The maximum Gasteiger partial charge on any atom is 0.257 e. The van der Waals surface area contributed by atoms with Gasteiger partial charge in [-0.3, -0.25) is 10.1 Å². The third-order valence-electron chi connectivity index (χ3n) is 3.24. The van der Waals surface area contributed by atoms with Gasteiger partial charge in [0.2, 0.25) is 0 Å². The molecule has 0 bridgehead atoms. The Balaban J connectivity index is 1.90. The quantitative estimate of drug-likeness (QED) is 0.839. The second-order valence-corrected chi connectivity index (χ2v) is 7.48. The Bertz CT molecular complexity index is 640. The lowest BCUT2D eigenvalue weighted by Gasteiger charge is -2.19. The van der Waals surface area contributed by atoms with Crippen LogP contribution in [0.4, 0.5) is 0 Å². The van der Waals surface area contributed by atoms with Crippen LogP contribution in [-0.2, 0) is 12.0 Å². The molecule has 0 aliphatic carbocycles. The van der Waals surface area contributed by atoms with Crippen LogP contribution in [0.3, 0.4) is 0 Å². The number of carbonyl (C=O) groups excluding carboxylic acids is 1. The van der Waals surface area contributed by atoms with E-state index in [1.807, 2.05) is 41.8 Å². The van der Waals surface area contributed by atoms with Crippen molar-refractivity contribution >= 4 is 34.6 Å². The van der Waals surface area contributed by atoms with Crippen LogP contribution < -0.4 is 10.6 Å². The zero-order valence-electron chi connectivity index (χ0n) is 13.0. The van der Waals surface area contributed by atoms with Crippen molar-refractivity contribution in [3.05, 3.63) is 57.8 Å². The number of rotatable bonds is 3. The van der Waals surface area contributed by atoms with Crippen molar-refractivity contribution in [2.45, 2.75) is 32.7 Å². The van der Waals surface area contributed by atoms with Crippen LogP contribution in [0.15, 0.2) is 41.8 Å². The van der Waals surface area contributed by atoms with Gasteiger partial charge in [0.15, 0.2) is 5.11 Å². The molecule has 0 saturated carbocycles. The SMILES string of the molecule is CC(C)(C)c1ccc(C(=O)NC(=S)NCc2cccs2)cc1. The average Bonchev–Trinajstić information content (AvgIpc) is 2.97. The lowest BCUT2D eigenvalue weighted by atomic mass is 9.87. The van der Waals surface area contributed by atoms with E-state index >= 15 is 0 Å². The van der Waals surface area contributed by atoms with Crippen molar-refractivity contribution in [1.82, 2.24) is 10.6 Å². The minimum absolute atomic E-state index is 0.0760. The Morgan fingerprint density at radius 1 is 1.18 bits per heavy atom. The molecule has 2 N–H and O–H groups in total. The van der Waals surface area contributed by atoms with Gasteiger partial charge in [0.05, 0.1) is 6.54 Å². The molecule has 0 unspecified atom stereocenters. The van der Waals surface area contributed by atoms with Gasteiger partial charge in [-0.1, -0.05) is 39.0 Å². The molecule has 0 saturated heterocycles. The second kappa shape index (κ2) is 7.03. The van der Waals surface area contributed by atoms with Gasteiger partial charge >= 0.3 is 0 Å². The molecule has 0 aliphatic heterocycles. The molecule has 22 heavy (non-hydrogen) atoms. The third-order valence-corrected chi connectivity index (χ3v) is 4.37. The Kier molecular flexibility index (Phi) is 5.32. The first-order valence-electron chi connectivity index (χ1n) is 7.08. The summed E-state index contributed by atoms with van der Waals surface area (Å²) in [5.74, 6) is -0.191. The van der Waals surface area contributed by atoms with Crippen molar-refractivity contribution in [3.8, 4) is 0 Å². The number of nitrogens with one attached hydrogen (secondary N) is 2. The summed E-state index contributed by atoms with van der Waals surface area (Å²) in [6.45, 7) is 7.06. The minimum Gasteiger partial charge on any atom is -0.357 e. The normalized spacial score (nSPS) is 11.0. The number of thiocarbonyl (C=S) groups is 1. The molecule has 2 rings (SSSR count). The van der Waals surface area contributed by atoms with Crippen molar-refractivity contribution in [2.75, 3.05) is 0 Å². The van der Waals surface area contributed by atoms with Gasteiger partial charge in [-0.25, -0.2) is 0 Å². The van der Waals surface area contributed by atoms with Crippen molar-refractivity contribution < 1.29 is 4.79 Å². The number of thiophene rings is 1. The molecule has 0 atom stereocenters. The number of hydrogen-bond donors (Lipinski definition) is 2. The summed E-state index contributed by atoms with van der Waals surface area (Å²) in [5, 5.41) is 8.09. The van der Waals surface area contributed by atoms with Gasteiger partial charge in [0.25, 0.3) is 5.91 Å². The predicted molar refractivity (Wildman–Crippen MR) is 96.4 cm³/mol. The smallest absolute Gasteiger partial charge is 0.257 e. The Morgan fingerprint density at radius 3 is 2.41 bits per heavy atom. The van der Waals surface area contributed by atoms with E-state index in [4.69, 9.17) is 12.2 Å². The summed E-state index contributed by atoms with van der Waals surface area (Å²) >= 11 is 6.80. The van der Waals surface area contributed by atoms with Crippen LogP contribution in [0, 0.1) is 0 Å². The first-order valence-corrected chi connectivity index (χ1v) is 8.37. The van der Waals surface area contributed by atoms with Crippen LogP contribution >= 0.6 is 23.6 Å². The largest absolute Gasteiger partial charge is 0.357 e. The van der Waals surface area contributed by atoms with Crippen molar-refractivity contribution in [2.24, 2.45) is 0 Å². The molecular formula is C17H20N2OS2. The van der Waals surface area contributed by atoms with Gasteiger partial charge in [-0.05, 0) is 46.8 Å². The standard InChI is InChI=1S/C17H20N2OS2/c1-17(2,3)13-8-6-12(7-9-13)15(20)19-16(21)18-11-14-5-4-10-22-14/h4-10H,11H2,1-3H3,(H2,18,19,20,21). The Morgan fingerprint density at radius 2 is 1.86 bits per heavy atom. The predicted octanol–water partition coefficient (Wildman–Crippen LogP) is 3.85. The van der Waals surface area contributed by atoms with Crippen LogP contribution in [-0.4, -0.2) is 11.0 Å². The monoisotopic (exact) mass is 332 g/mol. The molecule has 2 aromatic rings. The molecule has 0 aliphatic rings. The van der Waals surface area contributed by atoms with Crippen molar-refractivity contribution in [3.63, 3.8) is 0 Å². The number of hydrogen-bond acceptors (Lipinski definition) is 3. The molecule has 5 heteroatoms. The highest BCUT2D eigenvalue weighted by atomic mass is 32.1. The summed E-state index contributed by atoms with van der Waals surface area (Å²) < 4.78 is 0. The van der Waals surface area contributed by atoms with E-state index in [2.05, 4.69) is 31.4 Å². The van der Waals surface area contributed by atoms with E-state index in [9.17, 15) is 4.79 Å². The van der Waals surface area contributed by atoms with Gasteiger partial charge in [-0.2, -0.15) is 0 Å². The zero-order valence-corrected chi connectivity index (χ0v) is 14.6. The molecule has 0 spiro atoms. The summed E-state index contributed by atoms with van der Waals surface area (Å²) in [6.07, 6.45) is 0. The lowest BCUT2D eigenvalue weighted by Crippen LogP contribution is -2.38. The number of amides is 1. The topological polar surface area (TPSA) is 41.1 Å². The van der Waals surface area contributed by atoms with Gasteiger partial charge < -0.3 is 5.32 Å². The average molecular weight is 332 g/mol. The summed E-state index contributed by atoms with van der Waals surface area (Å²) in [6, 6.07) is 11.6. The van der Waals surface area contributed by atoms with Crippen LogP contribution in [0.1, 0.15) is 41.6 Å². The first kappa shape index (κ1) is 16.6. The third kappa shape index (κ3) is 4.64. The van der Waals surface area contributed by atoms with E-state index in [0.717, 1.165) is 0 Å². The van der Waals surface area contributed by atoms with Crippen LogP contribution in [0.2, 0.25) is 0 Å². The second-order valence-electron chi connectivity index (χ2n) is 6.04. The van der Waals surface area contributed by atoms with E-state index in [1.54, 1.807) is 11.3 Å². The molecule has 0 fully saturated rings. The lowest BCUT2D eigenvalue weighted by molar-refractivity contribution is 0.0976. The minimum atomic E-state index is -0.191. The Labute approximate surface area is 140 Å². The molecular weight excluding hydrogens is 312 g/mol. The van der Waals surface area contributed by atoms with Crippen LogP contribution in [0.25, 0.3) is 0 Å². The molecule has 3 nitrogen and oxygen atoms in total. The highest BCUT2D eigenvalue weighted by molar-refractivity contribution is 7.80. The van der Waals surface area contributed by atoms with E-state index < -0.39 is 0 Å². The van der Waals surface area contributed by atoms with Crippen molar-refractivity contribution in [1.29, 1.82) is 0 Å². The van der Waals surface area contributed by atoms with E-state index in [-0.39, 0.29) is 11.3 Å². The molecule has 1 amide bonds. The van der Waals surface area contributed by atoms with Gasteiger partial charge in [-0.15, -0.1) is 11.3 Å². The molecule has 116 valence electrons.